The van der Waals surface area contributed by atoms with E-state index in [4.69, 9.17) is 24.1 Å². The molecule has 2 aliphatic rings. The number of carbonyl (C=O) groups is 1. The number of aromatic nitrogens is 2. The number of ether oxygens (including phenoxy) is 3. The molecule has 0 bridgehead atoms. The maximum absolute atomic E-state index is 10.6. The molecule has 3 heterocycles. The van der Waals surface area contributed by atoms with Crippen molar-refractivity contribution in [3.63, 3.8) is 0 Å². The van der Waals surface area contributed by atoms with Gasteiger partial charge in [0.05, 0.1) is 24.5 Å². The van der Waals surface area contributed by atoms with Crippen LogP contribution in [0.2, 0.25) is 0 Å². The predicted molar refractivity (Wildman–Crippen MR) is 103 cm³/mol. The molecule has 1 atom stereocenters. The molecule has 0 spiro atoms. The molecule has 1 N–H and O–H groups in total. The fourth-order valence-electron chi connectivity index (χ4n) is 3.58. The second-order valence-electron chi connectivity index (χ2n) is 7.06. The zero-order chi connectivity index (χ0) is 22.6. The quantitative estimate of drug-likeness (QED) is 0.761. The van der Waals surface area contributed by atoms with Crippen LogP contribution in [0.25, 0.3) is 0 Å². The third-order valence-electron chi connectivity index (χ3n) is 5.03. The molecule has 0 saturated heterocycles. The van der Waals surface area contributed by atoms with Crippen LogP contribution in [0.5, 0.6) is 11.5 Å². The lowest BCUT2D eigenvalue weighted by molar-refractivity contribution is -0.192. The average Bonchev–Trinajstić information content (AvgIpc) is 3.33. The summed E-state index contributed by atoms with van der Waals surface area (Å²) in [5.41, 5.74) is 3.84. The molecule has 0 aliphatic carbocycles. The number of aryl methyl sites for hydroxylation is 1. The van der Waals surface area contributed by atoms with E-state index in [2.05, 4.69) is 22.1 Å². The van der Waals surface area contributed by atoms with Crippen LogP contribution >= 0.6 is 0 Å². The van der Waals surface area contributed by atoms with E-state index in [1.165, 1.54) is 16.8 Å². The van der Waals surface area contributed by atoms with Gasteiger partial charge in [0, 0.05) is 26.7 Å². The summed E-state index contributed by atoms with van der Waals surface area (Å²) >= 11 is 0. The SMILES string of the molecule is CCOCC1c2c(cnn2C)CCN1Cc1ccc2c(c1)OCO2.O=C(O)C(F)(F)F. The molecule has 1 aromatic carbocycles. The lowest BCUT2D eigenvalue weighted by Crippen LogP contribution is -2.38. The average molecular weight is 443 g/mol. The minimum atomic E-state index is -5.08. The Hall–Kier alpha value is -2.79. The zero-order valence-corrected chi connectivity index (χ0v) is 17.2. The smallest absolute Gasteiger partial charge is 0.475 e. The summed E-state index contributed by atoms with van der Waals surface area (Å²) in [5, 5.41) is 11.6. The van der Waals surface area contributed by atoms with Gasteiger partial charge in [-0.05, 0) is 36.6 Å². The Kier molecular flexibility index (Phi) is 7.06. The lowest BCUT2D eigenvalue weighted by Gasteiger charge is -2.36. The second kappa shape index (κ2) is 9.56. The number of nitrogens with zero attached hydrogens (tertiary/aromatic N) is 3. The maximum Gasteiger partial charge on any atom is 0.490 e. The number of halogens is 3. The number of alkyl halides is 3. The number of benzene rings is 1. The van der Waals surface area contributed by atoms with Crippen LogP contribution in [0.3, 0.4) is 0 Å². The first-order valence-electron chi connectivity index (χ1n) is 9.72. The number of rotatable bonds is 5. The van der Waals surface area contributed by atoms with Crippen molar-refractivity contribution in [1.82, 2.24) is 14.7 Å². The van der Waals surface area contributed by atoms with E-state index in [1.54, 1.807) is 0 Å². The van der Waals surface area contributed by atoms with Gasteiger partial charge in [-0.15, -0.1) is 0 Å². The highest BCUT2D eigenvalue weighted by atomic mass is 19.4. The fraction of sp³-hybridized carbons (Fsp3) is 0.500. The second-order valence-corrected chi connectivity index (χ2v) is 7.06. The van der Waals surface area contributed by atoms with Gasteiger partial charge < -0.3 is 19.3 Å². The van der Waals surface area contributed by atoms with Gasteiger partial charge in [-0.25, -0.2) is 4.79 Å². The number of fused-ring (bicyclic) bond motifs is 2. The Morgan fingerprint density at radius 2 is 2.03 bits per heavy atom. The van der Waals surface area contributed by atoms with Crippen LogP contribution in [0.15, 0.2) is 24.4 Å². The van der Waals surface area contributed by atoms with Gasteiger partial charge in [-0.2, -0.15) is 18.3 Å². The van der Waals surface area contributed by atoms with Crippen LogP contribution in [0.1, 0.15) is 29.8 Å². The van der Waals surface area contributed by atoms with E-state index < -0.39 is 12.1 Å². The number of carboxylic acids is 1. The van der Waals surface area contributed by atoms with E-state index in [0.717, 1.165) is 37.6 Å². The highest BCUT2D eigenvalue weighted by Gasteiger charge is 2.38. The summed E-state index contributed by atoms with van der Waals surface area (Å²) in [7, 11) is 2.02. The van der Waals surface area contributed by atoms with Crippen LogP contribution < -0.4 is 9.47 Å². The van der Waals surface area contributed by atoms with Crippen molar-refractivity contribution in [3.8, 4) is 11.5 Å². The van der Waals surface area contributed by atoms with Crippen molar-refractivity contribution in [2.24, 2.45) is 7.05 Å². The molecule has 0 amide bonds. The van der Waals surface area contributed by atoms with Crippen LogP contribution in [0.4, 0.5) is 13.2 Å². The minimum absolute atomic E-state index is 0.228. The standard InChI is InChI=1S/C18H23N3O3.C2HF3O2/c1-3-22-11-15-18-14(9-19-20(18)2)6-7-21(15)10-13-4-5-16-17(8-13)24-12-23-16;3-2(4,5)1(6)7/h4-5,8-9,15H,3,6-7,10-12H2,1-2H3;(H,6,7). The number of carboxylic acid groups (broad SMARTS) is 1. The molecule has 170 valence electrons. The molecule has 2 aromatic rings. The molecule has 4 rings (SSSR count). The topological polar surface area (TPSA) is 86.0 Å². The van der Waals surface area contributed by atoms with Crippen LogP contribution in [-0.2, 0) is 29.5 Å². The van der Waals surface area contributed by atoms with Gasteiger partial charge in [0.15, 0.2) is 11.5 Å². The molecule has 8 nitrogen and oxygen atoms in total. The summed E-state index contributed by atoms with van der Waals surface area (Å²) in [6.45, 7) is 5.63. The van der Waals surface area contributed by atoms with Crippen molar-refractivity contribution in [2.75, 3.05) is 26.6 Å². The van der Waals surface area contributed by atoms with Crippen molar-refractivity contribution in [1.29, 1.82) is 0 Å². The molecule has 2 aliphatic heterocycles. The molecular formula is C20H24F3N3O5. The first-order chi connectivity index (χ1) is 14.7. The Bertz CT molecular complexity index is 916. The first-order valence-corrected chi connectivity index (χ1v) is 9.72. The Morgan fingerprint density at radius 3 is 2.71 bits per heavy atom. The van der Waals surface area contributed by atoms with Crippen molar-refractivity contribution in [3.05, 3.63) is 41.2 Å². The van der Waals surface area contributed by atoms with Gasteiger partial charge in [-0.3, -0.25) is 9.58 Å². The molecule has 0 radical (unpaired) electrons. The minimum Gasteiger partial charge on any atom is -0.475 e. The van der Waals surface area contributed by atoms with Gasteiger partial charge in [0.1, 0.15) is 0 Å². The van der Waals surface area contributed by atoms with Gasteiger partial charge in [-0.1, -0.05) is 6.07 Å². The Morgan fingerprint density at radius 1 is 1.32 bits per heavy atom. The normalized spacial score (nSPS) is 17.6. The highest BCUT2D eigenvalue weighted by molar-refractivity contribution is 5.73. The Balaban J connectivity index is 0.000000339. The summed E-state index contributed by atoms with van der Waals surface area (Å²) in [6, 6.07) is 6.42. The van der Waals surface area contributed by atoms with E-state index in [9.17, 15) is 13.2 Å². The van der Waals surface area contributed by atoms with E-state index in [0.29, 0.717) is 13.4 Å². The molecule has 0 saturated carbocycles. The van der Waals surface area contributed by atoms with Crippen molar-refractivity contribution >= 4 is 5.97 Å². The van der Waals surface area contributed by atoms with Crippen molar-refractivity contribution in [2.45, 2.75) is 32.1 Å². The van der Waals surface area contributed by atoms with Crippen LogP contribution in [0, 0.1) is 0 Å². The zero-order valence-electron chi connectivity index (χ0n) is 17.2. The molecule has 31 heavy (non-hydrogen) atoms. The predicted octanol–water partition coefficient (Wildman–Crippen LogP) is 2.92. The van der Waals surface area contributed by atoms with Gasteiger partial charge in [0.2, 0.25) is 6.79 Å². The molecule has 1 aromatic heterocycles. The Labute approximate surface area is 177 Å². The highest BCUT2D eigenvalue weighted by Crippen LogP contribution is 2.35. The van der Waals surface area contributed by atoms with E-state index in [1.807, 2.05) is 30.9 Å². The molecule has 1 unspecified atom stereocenters. The largest absolute Gasteiger partial charge is 0.490 e. The first kappa shape index (κ1) is 22.9. The molecule has 0 fully saturated rings. The summed E-state index contributed by atoms with van der Waals surface area (Å²) in [5.74, 6) is -1.09. The fourth-order valence-corrected chi connectivity index (χ4v) is 3.58. The molecular weight excluding hydrogens is 419 g/mol. The molecule has 11 heteroatoms. The van der Waals surface area contributed by atoms with E-state index in [-0.39, 0.29) is 6.04 Å². The summed E-state index contributed by atoms with van der Waals surface area (Å²) < 4.78 is 50.4. The lowest BCUT2D eigenvalue weighted by atomic mass is 9.99. The van der Waals surface area contributed by atoms with Gasteiger partial charge in [0.25, 0.3) is 0 Å². The third-order valence-corrected chi connectivity index (χ3v) is 5.03. The number of aliphatic carboxylic acids is 1. The van der Waals surface area contributed by atoms with Crippen LogP contribution in [-0.4, -0.2) is 58.5 Å². The monoisotopic (exact) mass is 443 g/mol. The summed E-state index contributed by atoms with van der Waals surface area (Å²) in [6.07, 6.45) is -2.07. The van der Waals surface area contributed by atoms with Crippen molar-refractivity contribution < 1.29 is 37.3 Å². The van der Waals surface area contributed by atoms with Gasteiger partial charge >= 0.3 is 12.1 Å². The summed E-state index contributed by atoms with van der Waals surface area (Å²) in [4.78, 5) is 11.4. The number of hydrogen-bond acceptors (Lipinski definition) is 6. The number of hydrogen-bond donors (Lipinski definition) is 1. The maximum atomic E-state index is 10.6. The van der Waals surface area contributed by atoms with E-state index >= 15 is 0 Å². The third kappa shape index (κ3) is 5.47.